The van der Waals surface area contributed by atoms with Crippen molar-refractivity contribution >= 4 is 11.9 Å². The summed E-state index contributed by atoms with van der Waals surface area (Å²) in [4.78, 5) is 25.0. The van der Waals surface area contributed by atoms with Crippen molar-refractivity contribution in [2.24, 2.45) is 0 Å². The first kappa shape index (κ1) is 17.0. The molecule has 0 bridgehead atoms. The molecule has 0 heterocycles. The van der Waals surface area contributed by atoms with Crippen LogP contribution in [0.2, 0.25) is 0 Å². The molecule has 1 aromatic rings. The van der Waals surface area contributed by atoms with Crippen molar-refractivity contribution in [2.75, 3.05) is 13.1 Å². The number of carboxylic acids is 1. The fourth-order valence-corrected chi connectivity index (χ4v) is 3.88. The van der Waals surface area contributed by atoms with E-state index in [0.717, 1.165) is 37.8 Å². The third-order valence-electron chi connectivity index (χ3n) is 5.27. The molecule has 0 aliphatic heterocycles. The number of aryl methyl sites for hydroxylation is 2. The number of fused-ring (bicyclic) bond motifs is 1. The molecule has 3 rings (SSSR count). The van der Waals surface area contributed by atoms with Gasteiger partial charge in [0.05, 0.1) is 13.0 Å². The molecule has 0 aromatic heterocycles. The topological polar surface area (TPSA) is 69.6 Å². The maximum absolute atomic E-state index is 12.2. The largest absolute Gasteiger partial charge is 0.480 e. The molecular formula is C19H26N2O3. The molecule has 0 atom stereocenters. The zero-order chi connectivity index (χ0) is 17.1. The number of carboxylic acid groups (broad SMARTS) is 1. The summed E-state index contributed by atoms with van der Waals surface area (Å²) in [5.41, 5.74) is 3.92. The number of nitrogens with one attached hydrogen (secondary N) is 1. The molecule has 2 aliphatic carbocycles. The molecule has 1 saturated carbocycles. The van der Waals surface area contributed by atoms with Gasteiger partial charge in [-0.1, -0.05) is 25.1 Å². The number of likely N-dealkylation sites (N-methyl/N-ethyl adjacent to an activating group) is 1. The quantitative estimate of drug-likeness (QED) is 0.799. The molecule has 130 valence electrons. The Morgan fingerprint density at radius 2 is 2.00 bits per heavy atom. The average molecular weight is 330 g/mol. The monoisotopic (exact) mass is 330 g/mol. The number of carbonyl (C=O) groups is 2. The first-order chi connectivity index (χ1) is 11.5. The van der Waals surface area contributed by atoms with Gasteiger partial charge in [0.15, 0.2) is 0 Å². The third kappa shape index (κ3) is 3.96. The molecule has 5 heteroatoms. The van der Waals surface area contributed by atoms with E-state index >= 15 is 0 Å². The van der Waals surface area contributed by atoms with Crippen molar-refractivity contribution in [3.05, 3.63) is 34.9 Å². The van der Waals surface area contributed by atoms with E-state index < -0.39 is 5.97 Å². The van der Waals surface area contributed by atoms with Gasteiger partial charge in [-0.3, -0.25) is 14.5 Å². The zero-order valence-electron chi connectivity index (χ0n) is 14.3. The lowest BCUT2D eigenvalue weighted by Crippen LogP contribution is -2.55. The highest BCUT2D eigenvalue weighted by Gasteiger charge is 2.34. The smallest absolute Gasteiger partial charge is 0.317 e. The Labute approximate surface area is 143 Å². The standard InChI is InChI=1S/C19H26N2O3/c1-2-21(12-19(23)24)17-10-16(11-17)20-18(22)9-13-6-7-14-4-3-5-15(14)8-13/h6-8,16-17H,2-5,9-12H2,1H3,(H,20,22)(H,23,24). The zero-order valence-corrected chi connectivity index (χ0v) is 14.3. The summed E-state index contributed by atoms with van der Waals surface area (Å²) in [6.45, 7) is 2.78. The predicted octanol–water partition coefficient (Wildman–Crippen LogP) is 1.77. The second kappa shape index (κ2) is 7.34. The molecule has 24 heavy (non-hydrogen) atoms. The molecule has 0 saturated heterocycles. The van der Waals surface area contributed by atoms with Crippen LogP contribution in [0.3, 0.4) is 0 Å². The van der Waals surface area contributed by atoms with Gasteiger partial charge < -0.3 is 10.4 Å². The van der Waals surface area contributed by atoms with Crippen LogP contribution in [-0.2, 0) is 28.9 Å². The maximum Gasteiger partial charge on any atom is 0.317 e. The van der Waals surface area contributed by atoms with Crippen LogP contribution >= 0.6 is 0 Å². The molecule has 1 fully saturated rings. The van der Waals surface area contributed by atoms with Gasteiger partial charge in [-0.2, -0.15) is 0 Å². The molecular weight excluding hydrogens is 304 g/mol. The van der Waals surface area contributed by atoms with E-state index in [9.17, 15) is 9.59 Å². The lowest BCUT2D eigenvalue weighted by atomic mass is 9.85. The molecule has 1 aromatic carbocycles. The number of benzene rings is 1. The summed E-state index contributed by atoms with van der Waals surface area (Å²) in [6, 6.07) is 6.86. The van der Waals surface area contributed by atoms with Crippen LogP contribution in [0.4, 0.5) is 0 Å². The summed E-state index contributed by atoms with van der Waals surface area (Å²) in [5.74, 6) is -0.723. The molecule has 2 aliphatic rings. The van der Waals surface area contributed by atoms with Gasteiger partial charge in [-0.05, 0) is 55.3 Å². The molecule has 1 amide bonds. The molecule has 0 radical (unpaired) electrons. The van der Waals surface area contributed by atoms with Gasteiger partial charge in [-0.15, -0.1) is 0 Å². The SMILES string of the molecule is CCN(CC(=O)O)C1CC(NC(=O)Cc2ccc3c(c2)CCC3)C1. The molecule has 0 spiro atoms. The number of aliphatic carboxylic acids is 1. The van der Waals surface area contributed by atoms with Crippen molar-refractivity contribution in [3.63, 3.8) is 0 Å². The summed E-state index contributed by atoms with van der Waals surface area (Å²) in [7, 11) is 0. The van der Waals surface area contributed by atoms with Crippen LogP contribution in [0.5, 0.6) is 0 Å². The van der Waals surface area contributed by atoms with Gasteiger partial charge in [0, 0.05) is 12.1 Å². The van der Waals surface area contributed by atoms with Crippen LogP contribution in [0.15, 0.2) is 18.2 Å². The average Bonchev–Trinajstić information content (AvgIpc) is 2.96. The number of hydrogen-bond donors (Lipinski definition) is 2. The van der Waals surface area contributed by atoms with Crippen molar-refractivity contribution in [1.29, 1.82) is 0 Å². The lowest BCUT2D eigenvalue weighted by Gasteiger charge is -2.42. The van der Waals surface area contributed by atoms with E-state index in [0.29, 0.717) is 6.42 Å². The minimum Gasteiger partial charge on any atom is -0.480 e. The van der Waals surface area contributed by atoms with E-state index in [4.69, 9.17) is 5.11 Å². The van der Waals surface area contributed by atoms with Crippen LogP contribution in [-0.4, -0.2) is 47.1 Å². The van der Waals surface area contributed by atoms with E-state index in [2.05, 4.69) is 23.5 Å². The van der Waals surface area contributed by atoms with E-state index in [-0.39, 0.29) is 24.5 Å². The van der Waals surface area contributed by atoms with E-state index in [1.807, 2.05) is 11.8 Å². The summed E-state index contributed by atoms with van der Waals surface area (Å²) in [5, 5.41) is 12.0. The number of carbonyl (C=O) groups excluding carboxylic acids is 1. The Morgan fingerprint density at radius 3 is 2.71 bits per heavy atom. The van der Waals surface area contributed by atoms with Gasteiger partial charge >= 0.3 is 5.97 Å². The first-order valence-electron chi connectivity index (χ1n) is 8.91. The Morgan fingerprint density at radius 1 is 1.25 bits per heavy atom. The van der Waals surface area contributed by atoms with Crippen molar-refractivity contribution in [1.82, 2.24) is 10.2 Å². The fourth-order valence-electron chi connectivity index (χ4n) is 3.88. The Bertz CT molecular complexity index is 623. The van der Waals surface area contributed by atoms with Gasteiger partial charge in [0.25, 0.3) is 0 Å². The lowest BCUT2D eigenvalue weighted by molar-refractivity contribution is -0.139. The summed E-state index contributed by atoms with van der Waals surface area (Å²) < 4.78 is 0. The first-order valence-corrected chi connectivity index (χ1v) is 8.91. The molecule has 5 nitrogen and oxygen atoms in total. The van der Waals surface area contributed by atoms with Gasteiger partial charge in [0.2, 0.25) is 5.91 Å². The number of hydrogen-bond acceptors (Lipinski definition) is 3. The minimum atomic E-state index is -0.791. The minimum absolute atomic E-state index is 0.0673. The summed E-state index contributed by atoms with van der Waals surface area (Å²) >= 11 is 0. The van der Waals surface area contributed by atoms with Gasteiger partial charge in [-0.25, -0.2) is 0 Å². The second-order valence-corrected chi connectivity index (χ2v) is 6.98. The highest BCUT2D eigenvalue weighted by Crippen LogP contribution is 2.26. The van der Waals surface area contributed by atoms with Crippen molar-refractivity contribution in [2.45, 2.75) is 57.5 Å². The number of amides is 1. The number of nitrogens with zero attached hydrogens (tertiary/aromatic N) is 1. The van der Waals surface area contributed by atoms with Crippen LogP contribution < -0.4 is 5.32 Å². The Kier molecular flexibility index (Phi) is 5.19. The Balaban J connectivity index is 1.44. The normalized spacial score (nSPS) is 22.1. The van der Waals surface area contributed by atoms with Crippen LogP contribution in [0, 0.1) is 0 Å². The maximum atomic E-state index is 12.2. The fraction of sp³-hybridized carbons (Fsp3) is 0.579. The molecule has 0 unspecified atom stereocenters. The van der Waals surface area contributed by atoms with Crippen LogP contribution in [0.1, 0.15) is 42.9 Å². The van der Waals surface area contributed by atoms with Crippen molar-refractivity contribution in [3.8, 4) is 0 Å². The highest BCUT2D eigenvalue weighted by molar-refractivity contribution is 5.79. The molecule has 2 N–H and O–H groups in total. The van der Waals surface area contributed by atoms with Gasteiger partial charge in [0.1, 0.15) is 0 Å². The Hall–Kier alpha value is -1.88. The predicted molar refractivity (Wildman–Crippen MR) is 92.0 cm³/mol. The highest BCUT2D eigenvalue weighted by atomic mass is 16.4. The second-order valence-electron chi connectivity index (χ2n) is 6.98. The van der Waals surface area contributed by atoms with Crippen molar-refractivity contribution < 1.29 is 14.7 Å². The third-order valence-corrected chi connectivity index (χ3v) is 5.27. The summed E-state index contributed by atoms with van der Waals surface area (Å²) in [6.07, 6.45) is 5.63. The van der Waals surface area contributed by atoms with E-state index in [1.165, 1.54) is 17.5 Å². The number of rotatable bonds is 7. The van der Waals surface area contributed by atoms with Crippen LogP contribution in [0.25, 0.3) is 0 Å². The van der Waals surface area contributed by atoms with E-state index in [1.54, 1.807) is 0 Å².